The van der Waals surface area contributed by atoms with Crippen LogP contribution < -0.4 is 4.74 Å². The summed E-state index contributed by atoms with van der Waals surface area (Å²) >= 11 is 6.80. The first-order valence-corrected chi connectivity index (χ1v) is 7.18. The minimum Gasteiger partial charge on any atom is -0.485 e. The molecular formula is C14H14Br2O3. The third-order valence-corrected chi connectivity index (χ3v) is 3.31. The SMILES string of the molecule is CC(/C=C/C(=O)O)=C\C(C)Oc1ccc(Br)cc1Br. The Morgan fingerprint density at radius 1 is 1.37 bits per heavy atom. The molecule has 0 aromatic heterocycles. The van der Waals surface area contributed by atoms with E-state index in [2.05, 4.69) is 31.9 Å². The number of benzene rings is 1. The molecule has 1 aromatic carbocycles. The van der Waals surface area contributed by atoms with Gasteiger partial charge < -0.3 is 9.84 Å². The van der Waals surface area contributed by atoms with Crippen molar-refractivity contribution in [3.05, 3.63) is 50.9 Å². The number of carboxylic acid groups (broad SMARTS) is 1. The summed E-state index contributed by atoms with van der Waals surface area (Å²) in [5.74, 6) is -0.223. The number of halogens is 2. The highest BCUT2D eigenvalue weighted by molar-refractivity contribution is 9.11. The maximum Gasteiger partial charge on any atom is 0.328 e. The van der Waals surface area contributed by atoms with Crippen LogP contribution in [0.5, 0.6) is 5.75 Å². The van der Waals surface area contributed by atoms with Gasteiger partial charge in [-0.05, 0) is 54.1 Å². The van der Waals surface area contributed by atoms with Gasteiger partial charge in [0, 0.05) is 10.5 Å². The summed E-state index contributed by atoms with van der Waals surface area (Å²) in [4.78, 5) is 10.4. The Labute approximate surface area is 129 Å². The van der Waals surface area contributed by atoms with Crippen molar-refractivity contribution < 1.29 is 14.6 Å². The van der Waals surface area contributed by atoms with Gasteiger partial charge in [0.05, 0.1) is 4.47 Å². The largest absolute Gasteiger partial charge is 0.485 e. The van der Waals surface area contributed by atoms with Crippen molar-refractivity contribution in [2.45, 2.75) is 20.0 Å². The molecule has 0 amide bonds. The maximum absolute atomic E-state index is 10.4. The molecule has 3 nitrogen and oxygen atoms in total. The molecule has 0 saturated carbocycles. The Balaban J connectivity index is 2.71. The molecule has 1 N–H and O–H groups in total. The Bertz CT molecular complexity index is 521. The summed E-state index contributed by atoms with van der Waals surface area (Å²) in [5.41, 5.74) is 0.836. The van der Waals surface area contributed by atoms with Crippen LogP contribution in [0.1, 0.15) is 13.8 Å². The highest BCUT2D eigenvalue weighted by atomic mass is 79.9. The lowest BCUT2D eigenvalue weighted by Crippen LogP contribution is -2.09. The van der Waals surface area contributed by atoms with E-state index in [0.29, 0.717) is 0 Å². The summed E-state index contributed by atoms with van der Waals surface area (Å²) in [6.45, 7) is 3.72. The van der Waals surface area contributed by atoms with Crippen LogP contribution in [0, 0.1) is 0 Å². The summed E-state index contributed by atoms with van der Waals surface area (Å²) in [6.07, 6.45) is 4.34. The molecule has 1 aromatic rings. The lowest BCUT2D eigenvalue weighted by molar-refractivity contribution is -0.131. The lowest BCUT2D eigenvalue weighted by Gasteiger charge is -2.13. The fourth-order valence-corrected chi connectivity index (χ4v) is 2.57. The van der Waals surface area contributed by atoms with Crippen LogP contribution in [-0.2, 0) is 4.79 Å². The Morgan fingerprint density at radius 3 is 2.63 bits per heavy atom. The molecule has 0 aliphatic rings. The van der Waals surface area contributed by atoms with E-state index in [4.69, 9.17) is 9.84 Å². The van der Waals surface area contributed by atoms with Gasteiger partial charge >= 0.3 is 5.97 Å². The molecule has 0 radical (unpaired) electrons. The van der Waals surface area contributed by atoms with Crippen molar-refractivity contribution in [2.75, 3.05) is 0 Å². The van der Waals surface area contributed by atoms with Crippen molar-refractivity contribution in [1.82, 2.24) is 0 Å². The van der Waals surface area contributed by atoms with Crippen LogP contribution in [0.25, 0.3) is 0 Å². The third kappa shape index (κ3) is 6.07. The van der Waals surface area contributed by atoms with Gasteiger partial charge in [0.15, 0.2) is 0 Å². The van der Waals surface area contributed by atoms with E-state index >= 15 is 0 Å². The highest BCUT2D eigenvalue weighted by Crippen LogP contribution is 2.29. The zero-order chi connectivity index (χ0) is 14.4. The van der Waals surface area contributed by atoms with Crippen LogP contribution in [0.4, 0.5) is 0 Å². The quantitative estimate of drug-likeness (QED) is 0.592. The molecule has 1 rings (SSSR count). The van der Waals surface area contributed by atoms with Gasteiger partial charge in [-0.3, -0.25) is 0 Å². The standard InChI is InChI=1S/C14H14Br2O3/c1-9(3-6-14(17)18)7-10(2)19-13-5-4-11(15)8-12(13)16/h3-8,10H,1-2H3,(H,17,18)/b6-3+,9-7+. The smallest absolute Gasteiger partial charge is 0.328 e. The predicted molar refractivity (Wildman–Crippen MR) is 82.5 cm³/mol. The number of hydrogen-bond acceptors (Lipinski definition) is 2. The molecule has 1 atom stereocenters. The van der Waals surface area contributed by atoms with Gasteiger partial charge in [0.25, 0.3) is 0 Å². The first-order valence-electron chi connectivity index (χ1n) is 5.59. The van der Waals surface area contributed by atoms with Crippen LogP contribution in [0.15, 0.2) is 50.9 Å². The van der Waals surface area contributed by atoms with Crippen LogP contribution in [0.2, 0.25) is 0 Å². The molecule has 0 aliphatic carbocycles. The van der Waals surface area contributed by atoms with Crippen LogP contribution >= 0.6 is 31.9 Å². The normalized spacial score (nSPS) is 13.6. The van der Waals surface area contributed by atoms with Crippen molar-refractivity contribution in [3.63, 3.8) is 0 Å². The Kier molecular flexibility index (Phi) is 6.31. The lowest BCUT2D eigenvalue weighted by atomic mass is 10.2. The number of carbonyl (C=O) groups is 1. The number of allylic oxidation sites excluding steroid dienone is 2. The monoisotopic (exact) mass is 388 g/mol. The first kappa shape index (κ1) is 16.0. The second-order valence-electron chi connectivity index (χ2n) is 3.98. The van der Waals surface area contributed by atoms with E-state index in [1.54, 1.807) is 6.08 Å². The fourth-order valence-electron chi connectivity index (χ4n) is 1.43. The van der Waals surface area contributed by atoms with Crippen LogP contribution in [-0.4, -0.2) is 17.2 Å². The third-order valence-electron chi connectivity index (χ3n) is 2.19. The van der Waals surface area contributed by atoms with Crippen molar-refractivity contribution in [3.8, 4) is 5.75 Å². The van der Waals surface area contributed by atoms with E-state index in [-0.39, 0.29) is 6.10 Å². The van der Waals surface area contributed by atoms with Gasteiger partial charge in [-0.1, -0.05) is 27.6 Å². The van der Waals surface area contributed by atoms with Gasteiger partial charge in [0.1, 0.15) is 11.9 Å². The number of carboxylic acids is 1. The molecule has 0 saturated heterocycles. The fraction of sp³-hybridized carbons (Fsp3) is 0.214. The molecule has 5 heteroatoms. The first-order chi connectivity index (χ1) is 8.88. The summed E-state index contributed by atoms with van der Waals surface area (Å²) in [7, 11) is 0. The number of hydrogen-bond donors (Lipinski definition) is 1. The molecule has 0 heterocycles. The highest BCUT2D eigenvalue weighted by Gasteiger charge is 2.05. The minimum absolute atomic E-state index is 0.157. The van der Waals surface area contributed by atoms with E-state index in [9.17, 15) is 4.79 Å². The van der Waals surface area contributed by atoms with Crippen molar-refractivity contribution in [1.29, 1.82) is 0 Å². The summed E-state index contributed by atoms with van der Waals surface area (Å²) in [5, 5.41) is 8.54. The van der Waals surface area contributed by atoms with Crippen molar-refractivity contribution in [2.24, 2.45) is 0 Å². The van der Waals surface area contributed by atoms with Gasteiger partial charge in [0.2, 0.25) is 0 Å². The topological polar surface area (TPSA) is 46.5 Å². The number of ether oxygens (including phenoxy) is 1. The van der Waals surface area contributed by atoms with E-state index in [1.807, 2.05) is 38.1 Å². The molecule has 0 aliphatic heterocycles. The average molecular weight is 390 g/mol. The van der Waals surface area contributed by atoms with E-state index in [1.165, 1.54) is 0 Å². The zero-order valence-electron chi connectivity index (χ0n) is 10.6. The second-order valence-corrected chi connectivity index (χ2v) is 5.75. The number of rotatable bonds is 5. The summed E-state index contributed by atoms with van der Waals surface area (Å²) in [6, 6.07) is 5.66. The van der Waals surface area contributed by atoms with Gasteiger partial charge in [-0.25, -0.2) is 4.79 Å². The Hall–Kier alpha value is -1.07. The van der Waals surface area contributed by atoms with Gasteiger partial charge in [-0.15, -0.1) is 0 Å². The minimum atomic E-state index is -0.961. The van der Waals surface area contributed by atoms with Crippen molar-refractivity contribution >= 4 is 37.8 Å². The van der Waals surface area contributed by atoms with Crippen LogP contribution in [0.3, 0.4) is 0 Å². The van der Waals surface area contributed by atoms with E-state index < -0.39 is 5.97 Å². The van der Waals surface area contributed by atoms with E-state index in [0.717, 1.165) is 26.3 Å². The predicted octanol–water partition coefficient (Wildman–Crippen LogP) is 4.57. The molecule has 102 valence electrons. The molecular weight excluding hydrogens is 376 g/mol. The zero-order valence-corrected chi connectivity index (χ0v) is 13.7. The molecule has 0 fully saturated rings. The number of aliphatic carboxylic acids is 1. The summed E-state index contributed by atoms with van der Waals surface area (Å²) < 4.78 is 7.58. The maximum atomic E-state index is 10.4. The van der Waals surface area contributed by atoms with Gasteiger partial charge in [-0.2, -0.15) is 0 Å². The molecule has 19 heavy (non-hydrogen) atoms. The molecule has 0 bridgehead atoms. The average Bonchev–Trinajstić information content (AvgIpc) is 2.30. The molecule has 1 unspecified atom stereocenters. The molecule has 0 spiro atoms. The Morgan fingerprint density at radius 2 is 2.05 bits per heavy atom. The second kappa shape index (κ2) is 7.50.